The molecule has 0 aliphatic carbocycles. The van der Waals surface area contributed by atoms with Crippen molar-refractivity contribution in [2.45, 2.75) is 18.9 Å². The van der Waals surface area contributed by atoms with Gasteiger partial charge in [-0.2, -0.15) is 11.8 Å². The Morgan fingerprint density at radius 3 is 2.73 bits per heavy atom. The highest BCUT2D eigenvalue weighted by molar-refractivity contribution is 7.99. The molecule has 0 aromatic heterocycles. The van der Waals surface area contributed by atoms with E-state index in [9.17, 15) is 13.2 Å². The first kappa shape index (κ1) is 12.8. The minimum absolute atomic E-state index is 0.0359. The third-order valence-corrected chi connectivity index (χ3v) is 5.47. The Hall–Kier alpha value is -0.270. The van der Waals surface area contributed by atoms with Crippen LogP contribution in [0.2, 0.25) is 0 Å². The number of aliphatic carboxylic acids is 1. The highest BCUT2D eigenvalue weighted by atomic mass is 32.2. The summed E-state index contributed by atoms with van der Waals surface area (Å²) in [5, 5.41) is 8.44. The van der Waals surface area contributed by atoms with Gasteiger partial charge in [-0.1, -0.05) is 0 Å². The number of carboxylic acid groups (broad SMARTS) is 1. The minimum atomic E-state index is -3.40. The maximum Gasteiger partial charge on any atom is 0.304 e. The van der Waals surface area contributed by atoms with Crippen molar-refractivity contribution >= 4 is 27.8 Å². The largest absolute Gasteiger partial charge is 0.481 e. The van der Waals surface area contributed by atoms with E-state index in [-0.39, 0.29) is 18.2 Å². The average molecular weight is 253 g/mol. The first-order valence-electron chi connectivity index (χ1n) is 4.69. The quantitative estimate of drug-likeness (QED) is 0.759. The predicted molar refractivity (Wildman–Crippen MR) is 59.5 cm³/mol. The van der Waals surface area contributed by atoms with Crippen molar-refractivity contribution in [2.24, 2.45) is 0 Å². The predicted octanol–water partition coefficient (Wildman–Crippen LogP) is 0.228. The number of thioether (sulfide) groups is 1. The molecule has 88 valence electrons. The Morgan fingerprint density at radius 2 is 2.27 bits per heavy atom. The van der Waals surface area contributed by atoms with Crippen LogP contribution in [0.5, 0.6) is 0 Å². The third-order valence-electron chi connectivity index (χ3n) is 2.43. The van der Waals surface area contributed by atoms with E-state index in [0.717, 1.165) is 17.9 Å². The molecular formula is C8H15NO4S2. The van der Waals surface area contributed by atoms with E-state index in [4.69, 9.17) is 5.11 Å². The van der Waals surface area contributed by atoms with Crippen LogP contribution in [0.4, 0.5) is 0 Å². The van der Waals surface area contributed by atoms with Crippen molar-refractivity contribution in [3.8, 4) is 0 Å². The molecule has 0 aromatic carbocycles. The van der Waals surface area contributed by atoms with E-state index in [1.54, 1.807) is 11.8 Å². The van der Waals surface area contributed by atoms with Crippen molar-refractivity contribution < 1.29 is 18.3 Å². The molecule has 0 saturated carbocycles. The molecule has 5 nitrogen and oxygen atoms in total. The van der Waals surface area contributed by atoms with E-state index < -0.39 is 16.0 Å². The summed E-state index contributed by atoms with van der Waals surface area (Å²) in [6.07, 6.45) is 0.528. The molecule has 1 rings (SSSR count). The standard InChI is InChI=1S/C8H15NO4S2/c1-9(7-2-4-14-6-7)15(12,13)5-3-8(10)11/h7H,2-6H2,1H3,(H,10,11). The van der Waals surface area contributed by atoms with Crippen LogP contribution in [-0.4, -0.2) is 54.1 Å². The van der Waals surface area contributed by atoms with Gasteiger partial charge in [0.2, 0.25) is 10.0 Å². The molecule has 15 heavy (non-hydrogen) atoms. The molecule has 1 aliphatic heterocycles. The van der Waals surface area contributed by atoms with Gasteiger partial charge < -0.3 is 5.11 Å². The lowest BCUT2D eigenvalue weighted by atomic mass is 10.3. The maximum atomic E-state index is 11.7. The SMILES string of the molecule is CN(C1CCSC1)S(=O)(=O)CCC(=O)O. The van der Waals surface area contributed by atoms with Gasteiger partial charge in [-0.25, -0.2) is 12.7 Å². The van der Waals surface area contributed by atoms with Gasteiger partial charge in [0.25, 0.3) is 0 Å². The Bertz CT molecular complexity index is 322. The van der Waals surface area contributed by atoms with Crippen LogP contribution in [0.1, 0.15) is 12.8 Å². The van der Waals surface area contributed by atoms with Crippen LogP contribution < -0.4 is 0 Å². The number of hydrogen-bond donors (Lipinski definition) is 1. The van der Waals surface area contributed by atoms with Crippen molar-refractivity contribution in [3.63, 3.8) is 0 Å². The summed E-state index contributed by atoms with van der Waals surface area (Å²) >= 11 is 1.73. The molecule has 1 heterocycles. The molecule has 0 spiro atoms. The van der Waals surface area contributed by atoms with Gasteiger partial charge >= 0.3 is 5.97 Å². The van der Waals surface area contributed by atoms with Gasteiger partial charge in [-0.3, -0.25) is 4.79 Å². The molecule has 1 saturated heterocycles. The molecule has 7 heteroatoms. The second-order valence-corrected chi connectivity index (χ2v) is 6.79. The molecular weight excluding hydrogens is 238 g/mol. The molecule has 0 aromatic rings. The van der Waals surface area contributed by atoms with E-state index in [1.807, 2.05) is 0 Å². The topological polar surface area (TPSA) is 74.7 Å². The lowest BCUT2D eigenvalue weighted by molar-refractivity contribution is -0.136. The molecule has 1 atom stereocenters. The minimum Gasteiger partial charge on any atom is -0.481 e. The molecule has 0 amide bonds. The summed E-state index contributed by atoms with van der Waals surface area (Å²) in [6.45, 7) is 0. The third kappa shape index (κ3) is 3.66. The number of sulfonamides is 1. The highest BCUT2D eigenvalue weighted by Crippen LogP contribution is 2.23. The lowest BCUT2D eigenvalue weighted by Crippen LogP contribution is -2.38. The monoisotopic (exact) mass is 253 g/mol. The van der Waals surface area contributed by atoms with Crippen LogP contribution in [0, 0.1) is 0 Å². The second kappa shape index (κ2) is 5.18. The number of carboxylic acids is 1. The lowest BCUT2D eigenvalue weighted by Gasteiger charge is -2.22. The zero-order valence-corrected chi connectivity index (χ0v) is 10.2. The Morgan fingerprint density at radius 1 is 1.60 bits per heavy atom. The van der Waals surface area contributed by atoms with Gasteiger partial charge in [0.15, 0.2) is 0 Å². The number of hydrogen-bond acceptors (Lipinski definition) is 4. The molecule has 1 unspecified atom stereocenters. The van der Waals surface area contributed by atoms with Crippen LogP contribution >= 0.6 is 11.8 Å². The first-order chi connectivity index (χ1) is 6.93. The number of nitrogens with zero attached hydrogens (tertiary/aromatic N) is 1. The fraction of sp³-hybridized carbons (Fsp3) is 0.875. The van der Waals surface area contributed by atoms with Crippen LogP contribution in [-0.2, 0) is 14.8 Å². The molecule has 1 fully saturated rings. The van der Waals surface area contributed by atoms with Crippen molar-refractivity contribution in [1.29, 1.82) is 0 Å². The summed E-state index contributed by atoms with van der Waals surface area (Å²) < 4.78 is 24.7. The van der Waals surface area contributed by atoms with E-state index in [2.05, 4.69) is 0 Å². The molecule has 0 bridgehead atoms. The maximum absolute atomic E-state index is 11.7. The van der Waals surface area contributed by atoms with Gasteiger partial charge in [-0.05, 0) is 12.2 Å². The van der Waals surface area contributed by atoms with E-state index in [1.165, 1.54) is 11.4 Å². The van der Waals surface area contributed by atoms with Gasteiger partial charge in [0, 0.05) is 18.8 Å². The normalized spacial score (nSPS) is 22.1. The second-order valence-electron chi connectivity index (χ2n) is 3.49. The number of carbonyl (C=O) groups is 1. The first-order valence-corrected chi connectivity index (χ1v) is 7.45. The van der Waals surface area contributed by atoms with E-state index in [0.29, 0.717) is 0 Å². The zero-order valence-electron chi connectivity index (χ0n) is 8.55. The Labute approximate surface area is 93.9 Å². The summed E-state index contributed by atoms with van der Waals surface area (Å²) in [6, 6.07) is 0.0359. The molecule has 1 N–H and O–H groups in total. The van der Waals surface area contributed by atoms with Crippen LogP contribution in [0.3, 0.4) is 0 Å². The van der Waals surface area contributed by atoms with E-state index >= 15 is 0 Å². The smallest absolute Gasteiger partial charge is 0.304 e. The van der Waals surface area contributed by atoms with Crippen molar-refractivity contribution in [1.82, 2.24) is 4.31 Å². The fourth-order valence-corrected chi connectivity index (χ4v) is 4.11. The van der Waals surface area contributed by atoms with Gasteiger partial charge in [-0.15, -0.1) is 0 Å². The highest BCUT2D eigenvalue weighted by Gasteiger charge is 2.29. The Balaban J connectivity index is 2.55. The van der Waals surface area contributed by atoms with Gasteiger partial charge in [0.05, 0.1) is 12.2 Å². The molecule has 0 radical (unpaired) electrons. The average Bonchev–Trinajstić information content (AvgIpc) is 2.66. The summed E-state index contributed by atoms with van der Waals surface area (Å²) in [5.74, 6) is 0.402. The Kier molecular flexibility index (Phi) is 4.42. The zero-order chi connectivity index (χ0) is 11.5. The fourth-order valence-electron chi connectivity index (χ4n) is 1.40. The summed E-state index contributed by atoms with van der Waals surface area (Å²) in [4.78, 5) is 10.3. The van der Waals surface area contributed by atoms with Crippen LogP contribution in [0.15, 0.2) is 0 Å². The summed E-state index contributed by atoms with van der Waals surface area (Å²) in [5.41, 5.74) is 0. The summed E-state index contributed by atoms with van der Waals surface area (Å²) in [7, 11) is -1.86. The van der Waals surface area contributed by atoms with Crippen LogP contribution in [0.25, 0.3) is 0 Å². The molecule has 1 aliphatic rings. The van der Waals surface area contributed by atoms with Crippen molar-refractivity contribution in [3.05, 3.63) is 0 Å². The van der Waals surface area contributed by atoms with Gasteiger partial charge in [0.1, 0.15) is 0 Å². The van der Waals surface area contributed by atoms with Crippen molar-refractivity contribution in [2.75, 3.05) is 24.3 Å². The number of rotatable bonds is 5.